The Kier molecular flexibility index (Phi) is 11.6. The number of guanidine groups is 1. The van der Waals surface area contributed by atoms with Crippen molar-refractivity contribution < 1.29 is 4.79 Å². The fourth-order valence-corrected chi connectivity index (χ4v) is 3.34. The molecule has 29 heavy (non-hydrogen) atoms. The molecule has 0 aliphatic carbocycles. The van der Waals surface area contributed by atoms with Crippen molar-refractivity contribution in [1.82, 2.24) is 15.5 Å². The fraction of sp³-hybridized carbons (Fsp3) is 0.636. The van der Waals surface area contributed by atoms with Crippen molar-refractivity contribution in [1.29, 1.82) is 0 Å². The summed E-state index contributed by atoms with van der Waals surface area (Å²) in [7, 11) is 1.81. The Morgan fingerprint density at radius 1 is 1.24 bits per heavy atom. The highest BCUT2D eigenvalue weighted by molar-refractivity contribution is 14.0. The zero-order chi connectivity index (χ0) is 20.5. The van der Waals surface area contributed by atoms with Crippen LogP contribution in [0.1, 0.15) is 52.5 Å². The summed E-state index contributed by atoms with van der Waals surface area (Å²) in [5, 5.41) is 9.94. The predicted octanol–water partition coefficient (Wildman–Crippen LogP) is 3.83. The van der Waals surface area contributed by atoms with Crippen molar-refractivity contribution in [2.75, 3.05) is 25.5 Å². The number of nitrogens with zero attached hydrogens (tertiary/aromatic N) is 2. The number of rotatable bonds is 7. The van der Waals surface area contributed by atoms with Crippen LogP contribution in [0.15, 0.2) is 29.3 Å². The van der Waals surface area contributed by atoms with Crippen molar-refractivity contribution in [2.24, 2.45) is 10.9 Å². The van der Waals surface area contributed by atoms with Crippen LogP contribution in [-0.4, -0.2) is 49.0 Å². The van der Waals surface area contributed by atoms with Gasteiger partial charge in [-0.3, -0.25) is 9.79 Å². The van der Waals surface area contributed by atoms with Gasteiger partial charge in [0, 0.05) is 50.4 Å². The minimum Gasteiger partial charge on any atom is -0.354 e. The molecule has 1 heterocycles. The Labute approximate surface area is 193 Å². The first kappa shape index (κ1) is 25.7. The lowest BCUT2D eigenvalue weighted by molar-refractivity contribution is -0.119. The number of amides is 1. The average molecular weight is 515 g/mol. The molecule has 3 N–H and O–H groups in total. The Bertz CT molecular complexity index is 656. The van der Waals surface area contributed by atoms with E-state index in [-0.39, 0.29) is 35.8 Å². The predicted molar refractivity (Wildman–Crippen MR) is 133 cm³/mol. The van der Waals surface area contributed by atoms with Crippen molar-refractivity contribution in [2.45, 2.75) is 65.6 Å². The third kappa shape index (κ3) is 8.50. The molecule has 0 aromatic heterocycles. The van der Waals surface area contributed by atoms with E-state index in [4.69, 9.17) is 0 Å². The van der Waals surface area contributed by atoms with E-state index in [1.807, 2.05) is 32.0 Å². The normalized spacial score (nSPS) is 16.8. The molecule has 7 heteroatoms. The van der Waals surface area contributed by atoms with Crippen molar-refractivity contribution in [3.8, 4) is 0 Å². The summed E-state index contributed by atoms with van der Waals surface area (Å²) >= 11 is 0. The summed E-state index contributed by atoms with van der Waals surface area (Å²) in [4.78, 5) is 19.0. The van der Waals surface area contributed by atoms with Gasteiger partial charge in [0.2, 0.25) is 5.91 Å². The van der Waals surface area contributed by atoms with Crippen LogP contribution in [0.4, 0.5) is 5.69 Å². The second-order valence-corrected chi connectivity index (χ2v) is 7.97. The van der Waals surface area contributed by atoms with Gasteiger partial charge < -0.3 is 20.9 Å². The number of anilines is 1. The number of aliphatic imine (C=N–C) groups is 1. The smallest absolute Gasteiger partial charge is 0.227 e. The molecule has 0 bridgehead atoms. The third-order valence-electron chi connectivity index (χ3n) is 5.54. The van der Waals surface area contributed by atoms with Gasteiger partial charge in [-0.25, -0.2) is 0 Å². The van der Waals surface area contributed by atoms with E-state index in [1.54, 1.807) is 7.05 Å². The van der Waals surface area contributed by atoms with Gasteiger partial charge >= 0.3 is 0 Å². The third-order valence-corrected chi connectivity index (χ3v) is 5.54. The Morgan fingerprint density at radius 2 is 1.93 bits per heavy atom. The van der Waals surface area contributed by atoms with E-state index in [9.17, 15) is 4.79 Å². The van der Waals surface area contributed by atoms with Crippen LogP contribution in [0, 0.1) is 5.92 Å². The van der Waals surface area contributed by atoms with Crippen LogP contribution in [-0.2, 0) is 11.3 Å². The number of likely N-dealkylation sites (tertiary alicyclic amines) is 1. The maximum absolute atomic E-state index is 12.1. The monoisotopic (exact) mass is 515 g/mol. The SMILES string of the molecule is CCC(C)C(=O)Nc1cccc(CNC(=NC)NC2CCN(C(C)C)CC2)c1.I. The average Bonchev–Trinajstić information content (AvgIpc) is 2.71. The molecule has 1 aliphatic rings. The maximum Gasteiger partial charge on any atom is 0.227 e. The summed E-state index contributed by atoms with van der Waals surface area (Å²) < 4.78 is 0. The van der Waals surface area contributed by atoms with Gasteiger partial charge in [0.1, 0.15) is 0 Å². The largest absolute Gasteiger partial charge is 0.354 e. The van der Waals surface area contributed by atoms with Crippen molar-refractivity contribution in [3.05, 3.63) is 29.8 Å². The number of nitrogens with one attached hydrogen (secondary N) is 3. The standard InChI is InChI=1S/C22H37N5O.HI/c1-6-17(4)21(28)25-20-9-7-8-18(14-20)15-24-22(23-5)26-19-10-12-27(13-11-19)16(2)3;/h7-9,14,16-17,19H,6,10-13,15H2,1-5H3,(H,25,28)(H2,23,24,26);1H. The fourth-order valence-electron chi connectivity index (χ4n) is 3.34. The zero-order valence-corrected chi connectivity index (χ0v) is 20.8. The second-order valence-electron chi connectivity index (χ2n) is 7.97. The topological polar surface area (TPSA) is 68.8 Å². The minimum absolute atomic E-state index is 0. The van der Waals surface area contributed by atoms with Gasteiger partial charge in [0.25, 0.3) is 0 Å². The maximum atomic E-state index is 12.1. The lowest BCUT2D eigenvalue weighted by atomic mass is 10.0. The van der Waals surface area contributed by atoms with Crippen LogP contribution in [0.25, 0.3) is 0 Å². The zero-order valence-electron chi connectivity index (χ0n) is 18.5. The summed E-state index contributed by atoms with van der Waals surface area (Å²) in [6.45, 7) is 11.4. The number of benzene rings is 1. The number of piperidine rings is 1. The molecule has 1 unspecified atom stereocenters. The van der Waals surface area contributed by atoms with Gasteiger partial charge in [0.15, 0.2) is 5.96 Å². The molecule has 1 aliphatic heterocycles. The van der Waals surface area contributed by atoms with Crippen LogP contribution in [0.3, 0.4) is 0 Å². The molecular weight excluding hydrogens is 477 g/mol. The van der Waals surface area contributed by atoms with Gasteiger partial charge in [0.05, 0.1) is 0 Å². The Balaban J connectivity index is 0.00000420. The van der Waals surface area contributed by atoms with E-state index < -0.39 is 0 Å². The number of carbonyl (C=O) groups is 1. The molecule has 2 rings (SSSR count). The summed E-state index contributed by atoms with van der Waals surface area (Å²) in [6, 6.07) is 9.05. The van der Waals surface area contributed by atoms with E-state index >= 15 is 0 Å². The van der Waals surface area contributed by atoms with Gasteiger partial charge in [-0.2, -0.15) is 0 Å². The van der Waals surface area contributed by atoms with E-state index in [0.29, 0.717) is 18.6 Å². The van der Waals surface area contributed by atoms with Crippen LogP contribution >= 0.6 is 24.0 Å². The molecule has 0 spiro atoms. The van der Waals surface area contributed by atoms with Gasteiger partial charge in [-0.1, -0.05) is 26.0 Å². The first-order chi connectivity index (χ1) is 13.4. The highest BCUT2D eigenvalue weighted by atomic mass is 127. The lowest BCUT2D eigenvalue weighted by Crippen LogP contribution is -2.49. The van der Waals surface area contributed by atoms with Crippen molar-refractivity contribution in [3.63, 3.8) is 0 Å². The van der Waals surface area contributed by atoms with Gasteiger partial charge in [-0.15, -0.1) is 24.0 Å². The van der Waals surface area contributed by atoms with E-state index in [1.165, 1.54) is 0 Å². The first-order valence-corrected chi connectivity index (χ1v) is 10.5. The molecule has 1 fully saturated rings. The lowest BCUT2D eigenvalue weighted by Gasteiger charge is -2.35. The second kappa shape index (κ2) is 13.1. The van der Waals surface area contributed by atoms with E-state index in [0.717, 1.165) is 49.6 Å². The first-order valence-electron chi connectivity index (χ1n) is 10.5. The molecule has 1 aromatic carbocycles. The van der Waals surface area contributed by atoms with Crippen LogP contribution in [0.2, 0.25) is 0 Å². The molecule has 1 saturated heterocycles. The quantitative estimate of drug-likeness (QED) is 0.294. The number of hydrogen-bond acceptors (Lipinski definition) is 3. The molecular formula is C22H38IN5O. The van der Waals surface area contributed by atoms with E-state index in [2.05, 4.69) is 45.8 Å². The summed E-state index contributed by atoms with van der Waals surface area (Å²) in [5.74, 6) is 0.918. The highest BCUT2D eigenvalue weighted by Crippen LogP contribution is 2.14. The Morgan fingerprint density at radius 3 is 2.52 bits per heavy atom. The molecule has 6 nitrogen and oxygen atoms in total. The molecule has 0 saturated carbocycles. The molecule has 1 amide bonds. The molecule has 1 atom stereocenters. The highest BCUT2D eigenvalue weighted by Gasteiger charge is 2.21. The molecule has 0 radical (unpaired) electrons. The van der Waals surface area contributed by atoms with Crippen LogP contribution < -0.4 is 16.0 Å². The minimum atomic E-state index is 0. The van der Waals surface area contributed by atoms with Crippen molar-refractivity contribution >= 4 is 41.5 Å². The summed E-state index contributed by atoms with van der Waals surface area (Å²) in [5.41, 5.74) is 1.95. The Hall–Kier alpha value is -1.35. The van der Waals surface area contributed by atoms with Crippen LogP contribution in [0.5, 0.6) is 0 Å². The number of hydrogen-bond donors (Lipinski definition) is 3. The number of halogens is 1. The number of carbonyl (C=O) groups excluding carboxylic acids is 1. The molecule has 1 aromatic rings. The molecule has 164 valence electrons. The summed E-state index contributed by atoms with van der Waals surface area (Å²) in [6.07, 6.45) is 3.11. The van der Waals surface area contributed by atoms with Gasteiger partial charge in [-0.05, 0) is 50.8 Å².